The molecule has 0 aliphatic rings. The molecule has 0 fully saturated rings. The maximum absolute atomic E-state index is 10.9. The molecule has 16 heavy (non-hydrogen) atoms. The molecule has 0 aromatic heterocycles. The monoisotopic (exact) mass is 233 g/mol. The number of aliphatic hydroxyl groups is 1. The largest absolute Gasteiger partial charge is 0.469 e. The second kappa shape index (κ2) is 8.50. The van der Waals surface area contributed by atoms with Crippen molar-refractivity contribution in [3.05, 3.63) is 0 Å². The fourth-order valence-electron chi connectivity index (χ4n) is 1.19. The van der Waals surface area contributed by atoms with Gasteiger partial charge in [0, 0.05) is 13.1 Å². The zero-order chi connectivity index (χ0) is 12.6. The molecule has 0 heterocycles. The number of rotatable bonds is 8. The molecule has 5 heteroatoms. The first-order valence-corrected chi connectivity index (χ1v) is 5.50. The number of likely N-dealkylation sites (N-methyl/N-ethyl adjacent to an activating group) is 1. The Hall–Kier alpha value is -0.650. The molecule has 0 amide bonds. The van der Waals surface area contributed by atoms with Gasteiger partial charge in [0.05, 0.1) is 32.3 Å². The minimum atomic E-state index is -0.523. The normalized spacial score (nSPS) is 13.2. The molecular formula is C11H23NO4. The second-order valence-corrected chi connectivity index (χ2v) is 4.12. The third kappa shape index (κ3) is 8.64. The van der Waals surface area contributed by atoms with E-state index in [0.717, 1.165) is 0 Å². The van der Waals surface area contributed by atoms with Crippen molar-refractivity contribution in [1.82, 2.24) is 4.90 Å². The van der Waals surface area contributed by atoms with E-state index in [0.29, 0.717) is 26.1 Å². The Balaban J connectivity index is 3.61. The van der Waals surface area contributed by atoms with Crippen molar-refractivity contribution in [3.8, 4) is 0 Å². The van der Waals surface area contributed by atoms with Gasteiger partial charge in [-0.05, 0) is 20.9 Å². The van der Waals surface area contributed by atoms with Crippen LogP contribution in [0.4, 0.5) is 0 Å². The summed E-state index contributed by atoms with van der Waals surface area (Å²) in [5, 5.41) is 9.61. The van der Waals surface area contributed by atoms with Crippen LogP contribution in [0.5, 0.6) is 0 Å². The average molecular weight is 233 g/mol. The molecule has 0 bridgehead atoms. The fourth-order valence-corrected chi connectivity index (χ4v) is 1.19. The number of carbonyl (C=O) groups excluding carboxylic acids is 1. The highest BCUT2D eigenvalue weighted by Gasteiger charge is 2.10. The predicted molar refractivity (Wildman–Crippen MR) is 61.2 cm³/mol. The van der Waals surface area contributed by atoms with Crippen LogP contribution in [0.2, 0.25) is 0 Å². The molecular weight excluding hydrogens is 210 g/mol. The van der Waals surface area contributed by atoms with Crippen LogP contribution in [0.1, 0.15) is 20.3 Å². The van der Waals surface area contributed by atoms with E-state index in [2.05, 4.69) is 4.74 Å². The van der Waals surface area contributed by atoms with E-state index in [1.54, 1.807) is 0 Å². The molecule has 0 aromatic rings. The fraction of sp³-hybridized carbons (Fsp3) is 0.909. The van der Waals surface area contributed by atoms with Crippen LogP contribution < -0.4 is 0 Å². The summed E-state index contributed by atoms with van der Waals surface area (Å²) in [6, 6.07) is 0. The summed E-state index contributed by atoms with van der Waals surface area (Å²) in [5.41, 5.74) is 0. The zero-order valence-electron chi connectivity index (χ0n) is 10.6. The van der Waals surface area contributed by atoms with Crippen molar-refractivity contribution in [2.45, 2.75) is 32.5 Å². The van der Waals surface area contributed by atoms with Gasteiger partial charge in [0.2, 0.25) is 0 Å². The molecule has 1 unspecified atom stereocenters. The van der Waals surface area contributed by atoms with Gasteiger partial charge in [-0.15, -0.1) is 0 Å². The molecule has 0 saturated carbocycles. The van der Waals surface area contributed by atoms with Crippen molar-refractivity contribution < 1.29 is 19.4 Å². The first kappa shape index (κ1) is 15.3. The lowest BCUT2D eigenvalue weighted by Crippen LogP contribution is -2.34. The Kier molecular flexibility index (Phi) is 8.15. The molecule has 0 aromatic carbocycles. The number of methoxy groups -OCH3 is 1. The first-order chi connectivity index (χ1) is 7.45. The van der Waals surface area contributed by atoms with Gasteiger partial charge in [-0.2, -0.15) is 0 Å². The molecule has 0 aliphatic carbocycles. The second-order valence-electron chi connectivity index (χ2n) is 4.12. The lowest BCUT2D eigenvalue weighted by atomic mass is 10.3. The standard InChI is InChI=1S/C11H23NO4/c1-9(2)16-8-10(13)7-12(3)6-5-11(14)15-4/h9-10,13H,5-8H2,1-4H3. The molecule has 0 rings (SSSR count). The lowest BCUT2D eigenvalue weighted by Gasteiger charge is -2.20. The van der Waals surface area contributed by atoms with Gasteiger partial charge >= 0.3 is 5.97 Å². The Morgan fingerprint density at radius 2 is 2.06 bits per heavy atom. The number of nitrogens with zero attached hydrogens (tertiary/aromatic N) is 1. The summed E-state index contributed by atoms with van der Waals surface area (Å²) in [6.07, 6.45) is -0.0647. The third-order valence-corrected chi connectivity index (χ3v) is 2.07. The summed E-state index contributed by atoms with van der Waals surface area (Å²) in [6.45, 7) is 5.23. The highest BCUT2D eigenvalue weighted by atomic mass is 16.5. The van der Waals surface area contributed by atoms with Gasteiger partial charge in [0.1, 0.15) is 0 Å². The molecule has 96 valence electrons. The zero-order valence-corrected chi connectivity index (χ0v) is 10.6. The van der Waals surface area contributed by atoms with Gasteiger partial charge in [0.25, 0.3) is 0 Å². The van der Waals surface area contributed by atoms with Crippen molar-refractivity contribution >= 4 is 5.97 Å². The van der Waals surface area contributed by atoms with Crippen LogP contribution in [-0.4, -0.2) is 62.0 Å². The van der Waals surface area contributed by atoms with Gasteiger partial charge in [-0.3, -0.25) is 4.79 Å². The summed E-state index contributed by atoms with van der Waals surface area (Å²) in [5.74, 6) is -0.236. The molecule has 0 aliphatic heterocycles. The number of hydrogen-bond donors (Lipinski definition) is 1. The van der Waals surface area contributed by atoms with Crippen LogP contribution in [0.3, 0.4) is 0 Å². The lowest BCUT2D eigenvalue weighted by molar-refractivity contribution is -0.141. The Morgan fingerprint density at radius 3 is 2.56 bits per heavy atom. The minimum Gasteiger partial charge on any atom is -0.469 e. The molecule has 0 radical (unpaired) electrons. The van der Waals surface area contributed by atoms with E-state index in [4.69, 9.17) is 4.74 Å². The maximum Gasteiger partial charge on any atom is 0.306 e. The molecule has 0 saturated heterocycles. The minimum absolute atomic E-state index is 0.120. The van der Waals surface area contributed by atoms with E-state index >= 15 is 0 Å². The van der Waals surface area contributed by atoms with Crippen molar-refractivity contribution in [2.24, 2.45) is 0 Å². The number of hydrogen-bond acceptors (Lipinski definition) is 5. The Morgan fingerprint density at radius 1 is 1.44 bits per heavy atom. The van der Waals surface area contributed by atoms with Crippen molar-refractivity contribution in [3.63, 3.8) is 0 Å². The molecule has 1 atom stereocenters. The van der Waals surface area contributed by atoms with Crippen LogP contribution in [0.25, 0.3) is 0 Å². The van der Waals surface area contributed by atoms with Crippen LogP contribution in [0.15, 0.2) is 0 Å². The van der Waals surface area contributed by atoms with E-state index in [1.807, 2.05) is 25.8 Å². The topological polar surface area (TPSA) is 59.0 Å². The summed E-state index contributed by atoms with van der Waals surface area (Å²) < 4.78 is 9.81. The van der Waals surface area contributed by atoms with Crippen LogP contribution in [-0.2, 0) is 14.3 Å². The highest BCUT2D eigenvalue weighted by molar-refractivity contribution is 5.69. The SMILES string of the molecule is COC(=O)CCN(C)CC(O)COC(C)C. The number of carbonyl (C=O) groups is 1. The van der Waals surface area contributed by atoms with Crippen molar-refractivity contribution in [2.75, 3.05) is 33.9 Å². The van der Waals surface area contributed by atoms with Gasteiger partial charge in [0.15, 0.2) is 0 Å². The smallest absolute Gasteiger partial charge is 0.306 e. The quantitative estimate of drug-likeness (QED) is 0.610. The van der Waals surface area contributed by atoms with E-state index in [1.165, 1.54) is 7.11 Å². The molecule has 1 N–H and O–H groups in total. The maximum atomic E-state index is 10.9. The van der Waals surface area contributed by atoms with Gasteiger partial charge in [-0.25, -0.2) is 0 Å². The summed E-state index contributed by atoms with van der Waals surface area (Å²) in [4.78, 5) is 12.8. The number of esters is 1. The summed E-state index contributed by atoms with van der Waals surface area (Å²) >= 11 is 0. The van der Waals surface area contributed by atoms with Gasteiger partial charge < -0.3 is 19.5 Å². The highest BCUT2D eigenvalue weighted by Crippen LogP contribution is 1.96. The summed E-state index contributed by atoms with van der Waals surface area (Å²) in [7, 11) is 3.22. The van der Waals surface area contributed by atoms with Crippen LogP contribution >= 0.6 is 0 Å². The first-order valence-electron chi connectivity index (χ1n) is 5.50. The number of ether oxygens (including phenoxy) is 2. The third-order valence-electron chi connectivity index (χ3n) is 2.07. The Bertz CT molecular complexity index is 196. The van der Waals surface area contributed by atoms with Gasteiger partial charge in [-0.1, -0.05) is 0 Å². The average Bonchev–Trinajstić information content (AvgIpc) is 2.23. The van der Waals surface area contributed by atoms with Crippen LogP contribution in [0, 0.1) is 0 Å². The van der Waals surface area contributed by atoms with E-state index < -0.39 is 6.10 Å². The predicted octanol–water partition coefficient (Wildman–Crippen LogP) is 0.267. The van der Waals surface area contributed by atoms with Crippen molar-refractivity contribution in [1.29, 1.82) is 0 Å². The number of aliphatic hydroxyl groups excluding tert-OH is 1. The molecule has 0 spiro atoms. The molecule has 5 nitrogen and oxygen atoms in total. The van der Waals surface area contributed by atoms with E-state index in [9.17, 15) is 9.90 Å². The van der Waals surface area contributed by atoms with E-state index in [-0.39, 0.29) is 12.1 Å². The Labute approximate surface area is 97.3 Å².